The maximum absolute atomic E-state index is 13.0. The molecule has 0 fully saturated rings. The number of hydrogen-bond acceptors (Lipinski definition) is 3. The highest BCUT2D eigenvalue weighted by Gasteiger charge is 2.33. The molecule has 2 aromatic rings. The maximum atomic E-state index is 13.0. The van der Waals surface area contributed by atoms with Gasteiger partial charge in [-0.05, 0) is 34.1 Å². The largest absolute Gasteiger partial charge is 0.433 e. The van der Waals surface area contributed by atoms with Crippen molar-refractivity contribution < 1.29 is 22.3 Å². The molecule has 0 atom stereocenters. The Hall–Kier alpha value is -1.70. The monoisotopic (exact) mass is 336 g/mol. The van der Waals surface area contributed by atoms with Crippen molar-refractivity contribution in [3.63, 3.8) is 0 Å². The Morgan fingerprint density at radius 3 is 2.58 bits per heavy atom. The van der Waals surface area contributed by atoms with Gasteiger partial charge in [-0.1, -0.05) is 0 Å². The second kappa shape index (κ2) is 5.12. The van der Waals surface area contributed by atoms with Crippen LogP contribution in [-0.4, -0.2) is 9.97 Å². The average molecular weight is 337 g/mol. The zero-order valence-corrected chi connectivity index (χ0v) is 10.7. The lowest BCUT2D eigenvalue weighted by atomic mass is 10.3. The van der Waals surface area contributed by atoms with Gasteiger partial charge >= 0.3 is 12.2 Å². The number of hydrogen-bond donors (Lipinski definition) is 0. The van der Waals surface area contributed by atoms with Crippen molar-refractivity contribution in [2.24, 2.45) is 0 Å². The minimum absolute atomic E-state index is 0.0145. The summed E-state index contributed by atoms with van der Waals surface area (Å²) >= 11 is 3.08. The molecular formula is C11H5BrF4N2O. The van der Waals surface area contributed by atoms with Crippen molar-refractivity contribution in [1.82, 2.24) is 9.97 Å². The molecule has 0 amide bonds. The van der Waals surface area contributed by atoms with Gasteiger partial charge in [-0.2, -0.15) is 18.2 Å². The van der Waals surface area contributed by atoms with E-state index in [9.17, 15) is 17.6 Å². The Labute approximate surface area is 113 Å². The zero-order chi connectivity index (χ0) is 14.0. The fraction of sp³-hybridized carbons (Fsp3) is 0.0909. The summed E-state index contributed by atoms with van der Waals surface area (Å²) in [6, 6.07) is 3.74. The fourth-order valence-electron chi connectivity index (χ4n) is 1.20. The highest BCUT2D eigenvalue weighted by Crippen LogP contribution is 2.31. The van der Waals surface area contributed by atoms with Crippen LogP contribution in [0.5, 0.6) is 11.8 Å². The van der Waals surface area contributed by atoms with Crippen molar-refractivity contribution in [2.75, 3.05) is 0 Å². The Kier molecular flexibility index (Phi) is 3.70. The first-order chi connectivity index (χ1) is 8.86. The molecule has 0 N–H and O–H groups in total. The topological polar surface area (TPSA) is 35.0 Å². The van der Waals surface area contributed by atoms with Crippen LogP contribution in [0.25, 0.3) is 0 Å². The van der Waals surface area contributed by atoms with Crippen LogP contribution in [0.2, 0.25) is 0 Å². The highest BCUT2D eigenvalue weighted by atomic mass is 79.9. The van der Waals surface area contributed by atoms with E-state index in [1.165, 1.54) is 12.1 Å². The lowest BCUT2D eigenvalue weighted by Crippen LogP contribution is -2.09. The molecule has 0 aliphatic carbocycles. The van der Waals surface area contributed by atoms with Gasteiger partial charge in [0.25, 0.3) is 0 Å². The summed E-state index contributed by atoms with van der Waals surface area (Å²) in [5.41, 5.74) is -1.13. The van der Waals surface area contributed by atoms with Crippen LogP contribution in [-0.2, 0) is 6.18 Å². The standard InChI is InChI=1S/C11H5BrF4N2O/c12-7-2-1-6(13)5-8(7)19-10-17-4-3-9(18-10)11(14,15)16/h1-5H. The van der Waals surface area contributed by atoms with E-state index in [0.717, 1.165) is 12.3 Å². The van der Waals surface area contributed by atoms with Crippen molar-refractivity contribution >= 4 is 15.9 Å². The van der Waals surface area contributed by atoms with Crippen LogP contribution < -0.4 is 4.74 Å². The summed E-state index contributed by atoms with van der Waals surface area (Å²) in [5.74, 6) is -0.607. The molecule has 1 aromatic heterocycles. The molecule has 0 saturated heterocycles. The number of aromatic nitrogens is 2. The lowest BCUT2D eigenvalue weighted by molar-refractivity contribution is -0.141. The first kappa shape index (κ1) is 13.7. The van der Waals surface area contributed by atoms with Crippen LogP contribution in [0.15, 0.2) is 34.9 Å². The van der Waals surface area contributed by atoms with Gasteiger partial charge in [-0.3, -0.25) is 0 Å². The Bertz CT molecular complexity index is 603. The molecule has 19 heavy (non-hydrogen) atoms. The van der Waals surface area contributed by atoms with E-state index in [1.807, 2.05) is 0 Å². The molecule has 0 aliphatic rings. The first-order valence-corrected chi connectivity index (χ1v) is 5.69. The van der Waals surface area contributed by atoms with Crippen molar-refractivity contribution in [2.45, 2.75) is 6.18 Å². The third-order valence-corrected chi connectivity index (χ3v) is 2.67. The van der Waals surface area contributed by atoms with Crippen LogP contribution >= 0.6 is 15.9 Å². The molecular weight excluding hydrogens is 332 g/mol. The fourth-order valence-corrected chi connectivity index (χ4v) is 1.53. The lowest BCUT2D eigenvalue weighted by Gasteiger charge is -2.08. The summed E-state index contributed by atoms with van der Waals surface area (Å²) in [7, 11) is 0. The van der Waals surface area contributed by atoms with Crippen molar-refractivity contribution in [3.8, 4) is 11.8 Å². The molecule has 2 rings (SSSR count). The predicted octanol–water partition coefficient (Wildman–Crippen LogP) is 4.19. The SMILES string of the molecule is Fc1ccc(Br)c(Oc2nccc(C(F)(F)F)n2)c1. The first-order valence-electron chi connectivity index (χ1n) is 4.89. The molecule has 0 spiro atoms. The number of benzene rings is 1. The summed E-state index contributed by atoms with van der Waals surface area (Å²) in [5, 5.41) is 0. The average Bonchev–Trinajstić information content (AvgIpc) is 2.33. The van der Waals surface area contributed by atoms with Gasteiger partial charge in [-0.15, -0.1) is 0 Å². The number of nitrogens with zero attached hydrogens (tertiary/aromatic N) is 2. The zero-order valence-electron chi connectivity index (χ0n) is 9.08. The van der Waals surface area contributed by atoms with Gasteiger partial charge in [0.15, 0.2) is 5.69 Å². The second-order valence-corrected chi connectivity index (χ2v) is 4.25. The molecule has 0 unspecified atom stereocenters. The maximum Gasteiger partial charge on any atom is 0.433 e. The van der Waals surface area contributed by atoms with Gasteiger partial charge in [0.2, 0.25) is 0 Å². The van der Waals surface area contributed by atoms with E-state index >= 15 is 0 Å². The van der Waals surface area contributed by atoms with Crippen molar-refractivity contribution in [1.29, 1.82) is 0 Å². The van der Waals surface area contributed by atoms with Crippen LogP contribution in [0, 0.1) is 5.82 Å². The summed E-state index contributed by atoms with van der Waals surface area (Å²) in [6.45, 7) is 0. The third kappa shape index (κ3) is 3.40. The van der Waals surface area contributed by atoms with Gasteiger partial charge in [0.05, 0.1) is 4.47 Å². The van der Waals surface area contributed by atoms with Gasteiger partial charge in [0.1, 0.15) is 11.6 Å². The molecule has 0 bridgehead atoms. The van der Waals surface area contributed by atoms with E-state index in [2.05, 4.69) is 25.9 Å². The number of alkyl halides is 3. The molecule has 1 heterocycles. The summed E-state index contributed by atoms with van der Waals surface area (Å²) in [4.78, 5) is 6.75. The van der Waals surface area contributed by atoms with E-state index < -0.39 is 23.7 Å². The minimum Gasteiger partial charge on any atom is -0.423 e. The molecule has 0 saturated carbocycles. The highest BCUT2D eigenvalue weighted by molar-refractivity contribution is 9.10. The van der Waals surface area contributed by atoms with Gasteiger partial charge in [0, 0.05) is 12.3 Å². The minimum atomic E-state index is -4.60. The number of rotatable bonds is 2. The predicted molar refractivity (Wildman–Crippen MR) is 61.2 cm³/mol. The van der Waals surface area contributed by atoms with E-state index in [0.29, 0.717) is 10.5 Å². The van der Waals surface area contributed by atoms with Crippen molar-refractivity contribution in [3.05, 3.63) is 46.4 Å². The number of halogens is 5. The Morgan fingerprint density at radius 2 is 1.89 bits per heavy atom. The van der Waals surface area contributed by atoms with E-state index in [1.54, 1.807) is 0 Å². The van der Waals surface area contributed by atoms with Crippen LogP contribution in [0.4, 0.5) is 17.6 Å². The second-order valence-electron chi connectivity index (χ2n) is 3.40. The van der Waals surface area contributed by atoms with Crippen LogP contribution in [0.3, 0.4) is 0 Å². The molecule has 8 heteroatoms. The normalized spacial score (nSPS) is 11.4. The third-order valence-electron chi connectivity index (χ3n) is 2.02. The molecule has 0 aliphatic heterocycles. The molecule has 1 aromatic carbocycles. The summed E-state index contributed by atoms with van der Waals surface area (Å²) in [6.07, 6.45) is -3.68. The van der Waals surface area contributed by atoms with Gasteiger partial charge in [-0.25, -0.2) is 9.37 Å². The van der Waals surface area contributed by atoms with Crippen LogP contribution in [0.1, 0.15) is 5.69 Å². The van der Waals surface area contributed by atoms with E-state index in [-0.39, 0.29) is 5.75 Å². The summed E-state index contributed by atoms with van der Waals surface area (Å²) < 4.78 is 55.7. The van der Waals surface area contributed by atoms with E-state index in [4.69, 9.17) is 4.74 Å². The molecule has 0 radical (unpaired) electrons. The molecule has 3 nitrogen and oxygen atoms in total. The number of ether oxygens (including phenoxy) is 1. The Balaban J connectivity index is 2.31. The van der Waals surface area contributed by atoms with Gasteiger partial charge < -0.3 is 4.74 Å². The quantitative estimate of drug-likeness (QED) is 0.771. The molecule has 100 valence electrons. The smallest absolute Gasteiger partial charge is 0.423 e. The Morgan fingerprint density at radius 1 is 1.16 bits per heavy atom.